The van der Waals surface area contributed by atoms with Gasteiger partial charge in [-0.25, -0.2) is 0 Å². The molecule has 0 radical (unpaired) electrons. The average molecular weight is 349 g/mol. The van der Waals surface area contributed by atoms with Crippen molar-refractivity contribution in [3.8, 4) is 17.1 Å². The molecular weight excluding hydrogens is 330 g/mol. The Hall–Kier alpha value is -3.15. The fraction of sp³-hybridized carbons (Fsp3) is 0.250. The van der Waals surface area contributed by atoms with Gasteiger partial charge in [0.15, 0.2) is 0 Å². The molecule has 1 aliphatic rings. The summed E-state index contributed by atoms with van der Waals surface area (Å²) in [6, 6.07) is 16.6. The van der Waals surface area contributed by atoms with Gasteiger partial charge in [0.25, 0.3) is 5.91 Å². The van der Waals surface area contributed by atoms with Gasteiger partial charge in [0.2, 0.25) is 11.7 Å². The average Bonchev–Trinajstić information content (AvgIpc) is 3.37. The number of methoxy groups -OCH3 is 1. The Balaban J connectivity index is 1.56. The third kappa shape index (κ3) is 3.06. The molecule has 3 aromatic rings. The summed E-state index contributed by atoms with van der Waals surface area (Å²) in [6.45, 7) is 0.679. The Morgan fingerprint density at radius 2 is 1.92 bits per heavy atom. The van der Waals surface area contributed by atoms with E-state index in [1.165, 1.54) is 0 Å². The maximum Gasteiger partial charge on any atom is 0.254 e. The zero-order chi connectivity index (χ0) is 17.9. The monoisotopic (exact) mass is 349 g/mol. The topological polar surface area (TPSA) is 68.5 Å². The van der Waals surface area contributed by atoms with E-state index in [1.54, 1.807) is 31.4 Å². The zero-order valence-electron chi connectivity index (χ0n) is 14.5. The van der Waals surface area contributed by atoms with Crippen molar-refractivity contribution in [2.75, 3.05) is 13.7 Å². The quantitative estimate of drug-likeness (QED) is 0.718. The van der Waals surface area contributed by atoms with E-state index in [0.29, 0.717) is 23.8 Å². The second kappa shape index (κ2) is 7.00. The predicted molar refractivity (Wildman–Crippen MR) is 95.7 cm³/mol. The highest BCUT2D eigenvalue weighted by atomic mass is 16.5. The maximum absolute atomic E-state index is 12.9. The summed E-state index contributed by atoms with van der Waals surface area (Å²) in [5.41, 5.74) is 1.52. The van der Waals surface area contributed by atoms with Crippen LogP contribution in [0.5, 0.6) is 5.75 Å². The van der Waals surface area contributed by atoms with Crippen LogP contribution in [-0.4, -0.2) is 34.6 Å². The fourth-order valence-corrected chi connectivity index (χ4v) is 3.24. The molecule has 1 unspecified atom stereocenters. The van der Waals surface area contributed by atoms with Gasteiger partial charge in [-0.05, 0) is 37.1 Å². The molecule has 2 aromatic carbocycles. The molecule has 1 fully saturated rings. The number of hydrogen-bond donors (Lipinski definition) is 0. The van der Waals surface area contributed by atoms with Gasteiger partial charge < -0.3 is 14.2 Å². The first-order valence-electron chi connectivity index (χ1n) is 8.60. The summed E-state index contributed by atoms with van der Waals surface area (Å²) in [5.74, 6) is 1.73. The predicted octanol–water partition coefficient (Wildman–Crippen LogP) is 3.72. The molecule has 1 amide bonds. The first-order chi connectivity index (χ1) is 12.8. The summed E-state index contributed by atoms with van der Waals surface area (Å²) in [5, 5.41) is 4.08. The van der Waals surface area contributed by atoms with E-state index in [9.17, 15) is 4.79 Å². The third-order valence-electron chi connectivity index (χ3n) is 4.61. The van der Waals surface area contributed by atoms with Crippen molar-refractivity contribution in [1.29, 1.82) is 0 Å². The molecule has 0 N–H and O–H groups in total. The summed E-state index contributed by atoms with van der Waals surface area (Å²) in [4.78, 5) is 19.2. The van der Waals surface area contributed by atoms with Gasteiger partial charge in [-0.1, -0.05) is 35.5 Å². The number of amides is 1. The van der Waals surface area contributed by atoms with Crippen LogP contribution in [0.3, 0.4) is 0 Å². The van der Waals surface area contributed by atoms with Crippen molar-refractivity contribution in [1.82, 2.24) is 15.0 Å². The summed E-state index contributed by atoms with van der Waals surface area (Å²) in [6.07, 6.45) is 1.73. The van der Waals surface area contributed by atoms with E-state index in [0.717, 1.165) is 24.2 Å². The van der Waals surface area contributed by atoms with Crippen LogP contribution in [0.2, 0.25) is 0 Å². The van der Waals surface area contributed by atoms with Crippen molar-refractivity contribution >= 4 is 5.91 Å². The number of rotatable bonds is 4. The number of aromatic nitrogens is 2. The molecule has 26 heavy (non-hydrogen) atoms. The second-order valence-electron chi connectivity index (χ2n) is 6.21. The zero-order valence-corrected chi connectivity index (χ0v) is 14.5. The smallest absolute Gasteiger partial charge is 0.254 e. The van der Waals surface area contributed by atoms with Crippen molar-refractivity contribution < 1.29 is 14.1 Å². The molecule has 0 aliphatic carbocycles. The van der Waals surface area contributed by atoms with Crippen LogP contribution in [-0.2, 0) is 0 Å². The lowest BCUT2D eigenvalue weighted by Crippen LogP contribution is -2.30. The molecule has 0 spiro atoms. The summed E-state index contributed by atoms with van der Waals surface area (Å²) >= 11 is 0. The summed E-state index contributed by atoms with van der Waals surface area (Å²) < 4.78 is 10.6. The maximum atomic E-state index is 12.9. The summed E-state index contributed by atoms with van der Waals surface area (Å²) in [7, 11) is 1.60. The Bertz CT molecular complexity index is 890. The van der Waals surface area contributed by atoms with Crippen molar-refractivity contribution in [2.24, 2.45) is 0 Å². The molecular formula is C20H19N3O3. The number of carbonyl (C=O) groups excluding carboxylic acids is 1. The first kappa shape index (κ1) is 16.3. The molecule has 0 saturated carbocycles. The van der Waals surface area contributed by atoms with E-state index in [-0.39, 0.29) is 11.9 Å². The minimum absolute atomic E-state index is 0.0328. The Morgan fingerprint density at radius 3 is 2.65 bits per heavy atom. The number of nitrogens with zero attached hydrogens (tertiary/aromatic N) is 3. The van der Waals surface area contributed by atoms with Crippen LogP contribution in [0.25, 0.3) is 11.4 Å². The highest BCUT2D eigenvalue weighted by molar-refractivity contribution is 5.94. The van der Waals surface area contributed by atoms with Crippen LogP contribution in [0.15, 0.2) is 59.1 Å². The van der Waals surface area contributed by atoms with Crippen molar-refractivity contribution in [2.45, 2.75) is 18.9 Å². The molecule has 1 aliphatic heterocycles. The highest BCUT2D eigenvalue weighted by Gasteiger charge is 2.34. The minimum Gasteiger partial charge on any atom is -0.497 e. The SMILES string of the molecule is COc1ccc(C(=O)N2CCCC2c2nc(-c3ccccc3)no2)cc1. The van der Waals surface area contributed by atoms with Gasteiger partial charge in [0.05, 0.1) is 7.11 Å². The van der Waals surface area contributed by atoms with Gasteiger partial charge in [-0.3, -0.25) is 4.79 Å². The van der Waals surface area contributed by atoms with Crippen molar-refractivity contribution in [3.05, 3.63) is 66.1 Å². The minimum atomic E-state index is -0.186. The number of carbonyl (C=O) groups is 1. The standard InChI is InChI=1S/C20H19N3O3/c1-25-16-11-9-15(10-12-16)20(24)23-13-5-8-17(23)19-21-18(22-26-19)14-6-3-2-4-7-14/h2-4,6-7,9-12,17H,5,8,13H2,1H3. The highest BCUT2D eigenvalue weighted by Crippen LogP contribution is 2.33. The van der Waals surface area contributed by atoms with Gasteiger partial charge in [-0.2, -0.15) is 4.98 Å². The number of likely N-dealkylation sites (tertiary alicyclic amines) is 1. The largest absolute Gasteiger partial charge is 0.497 e. The lowest BCUT2D eigenvalue weighted by molar-refractivity contribution is 0.0710. The van der Waals surface area contributed by atoms with E-state index in [1.807, 2.05) is 35.2 Å². The number of hydrogen-bond acceptors (Lipinski definition) is 5. The van der Waals surface area contributed by atoms with E-state index >= 15 is 0 Å². The normalized spacial score (nSPS) is 16.7. The molecule has 6 heteroatoms. The fourth-order valence-electron chi connectivity index (χ4n) is 3.24. The van der Waals surface area contributed by atoms with Crippen LogP contribution < -0.4 is 4.74 Å². The lowest BCUT2D eigenvalue weighted by Gasteiger charge is -2.22. The lowest BCUT2D eigenvalue weighted by atomic mass is 10.1. The van der Waals surface area contributed by atoms with Crippen molar-refractivity contribution in [3.63, 3.8) is 0 Å². The van der Waals surface area contributed by atoms with Gasteiger partial charge >= 0.3 is 0 Å². The van der Waals surface area contributed by atoms with Gasteiger partial charge in [0, 0.05) is 17.7 Å². The van der Waals surface area contributed by atoms with Crippen LogP contribution in [0.4, 0.5) is 0 Å². The van der Waals surface area contributed by atoms with E-state index in [2.05, 4.69) is 10.1 Å². The number of ether oxygens (including phenoxy) is 1. The molecule has 132 valence electrons. The van der Waals surface area contributed by atoms with Crippen LogP contribution in [0, 0.1) is 0 Å². The molecule has 0 bridgehead atoms. The van der Waals surface area contributed by atoms with E-state index in [4.69, 9.17) is 9.26 Å². The Morgan fingerprint density at radius 1 is 1.15 bits per heavy atom. The molecule has 6 nitrogen and oxygen atoms in total. The van der Waals surface area contributed by atoms with E-state index < -0.39 is 0 Å². The molecule has 1 saturated heterocycles. The van der Waals surface area contributed by atoms with Crippen LogP contribution in [0.1, 0.15) is 35.1 Å². The number of benzene rings is 2. The molecule has 1 aromatic heterocycles. The third-order valence-corrected chi connectivity index (χ3v) is 4.61. The molecule has 2 heterocycles. The van der Waals surface area contributed by atoms with Gasteiger partial charge in [0.1, 0.15) is 11.8 Å². The van der Waals surface area contributed by atoms with Crippen LogP contribution >= 0.6 is 0 Å². The molecule has 4 rings (SSSR count). The Kier molecular flexibility index (Phi) is 4.39. The van der Waals surface area contributed by atoms with Gasteiger partial charge in [-0.15, -0.1) is 0 Å². The molecule has 1 atom stereocenters. The Labute approximate surface area is 151 Å². The first-order valence-corrected chi connectivity index (χ1v) is 8.60. The second-order valence-corrected chi connectivity index (χ2v) is 6.21.